The first-order chi connectivity index (χ1) is 14.4. The Labute approximate surface area is 177 Å². The third-order valence-corrected chi connectivity index (χ3v) is 7.08. The van der Waals surface area contributed by atoms with Gasteiger partial charge in [-0.05, 0) is 37.5 Å². The van der Waals surface area contributed by atoms with E-state index in [-0.39, 0.29) is 23.3 Å². The molecule has 0 radical (unpaired) electrons. The predicted molar refractivity (Wildman–Crippen MR) is 114 cm³/mol. The topological polar surface area (TPSA) is 95.6 Å². The Morgan fingerprint density at radius 3 is 2.37 bits per heavy atom. The van der Waals surface area contributed by atoms with E-state index in [1.54, 1.807) is 37.3 Å². The summed E-state index contributed by atoms with van der Waals surface area (Å²) in [5, 5.41) is 5.53. The number of benzene rings is 2. The second kappa shape index (κ2) is 9.86. The molecule has 2 atom stereocenters. The summed E-state index contributed by atoms with van der Waals surface area (Å²) >= 11 is 0. The van der Waals surface area contributed by atoms with Crippen LogP contribution in [0, 0.1) is 5.92 Å². The van der Waals surface area contributed by atoms with Crippen LogP contribution in [0.1, 0.15) is 25.3 Å². The predicted octanol–water partition coefficient (Wildman–Crippen LogP) is 1.91. The number of sulfonamides is 1. The average Bonchev–Trinajstić information content (AvgIpc) is 2.78. The van der Waals surface area contributed by atoms with Gasteiger partial charge in [-0.25, -0.2) is 8.42 Å². The number of nitrogens with one attached hydrogen (secondary N) is 2. The van der Waals surface area contributed by atoms with Crippen molar-refractivity contribution < 1.29 is 18.0 Å². The number of hydrogen-bond acceptors (Lipinski definition) is 4. The lowest BCUT2D eigenvalue weighted by Crippen LogP contribution is -2.50. The molecule has 3 rings (SSSR count). The maximum atomic E-state index is 12.8. The molecule has 1 unspecified atom stereocenters. The van der Waals surface area contributed by atoms with E-state index in [1.165, 1.54) is 4.31 Å². The van der Waals surface area contributed by atoms with Gasteiger partial charge in [0.05, 0.1) is 10.8 Å². The van der Waals surface area contributed by atoms with Gasteiger partial charge in [0.25, 0.3) is 0 Å². The zero-order valence-corrected chi connectivity index (χ0v) is 17.8. The second-order valence-electron chi connectivity index (χ2n) is 7.45. The molecule has 1 aliphatic heterocycles. The van der Waals surface area contributed by atoms with Gasteiger partial charge in [-0.3, -0.25) is 9.59 Å². The van der Waals surface area contributed by atoms with Crippen molar-refractivity contribution in [1.82, 2.24) is 14.9 Å². The first-order valence-electron chi connectivity index (χ1n) is 10.0. The zero-order valence-electron chi connectivity index (χ0n) is 17.0. The van der Waals surface area contributed by atoms with Gasteiger partial charge >= 0.3 is 0 Å². The third-order valence-electron chi connectivity index (χ3n) is 5.20. The van der Waals surface area contributed by atoms with E-state index >= 15 is 0 Å². The van der Waals surface area contributed by atoms with Crippen molar-refractivity contribution in [3.05, 3.63) is 66.2 Å². The van der Waals surface area contributed by atoms with Gasteiger partial charge in [-0.15, -0.1) is 0 Å². The Kier molecular flexibility index (Phi) is 7.23. The van der Waals surface area contributed by atoms with Crippen molar-refractivity contribution >= 4 is 21.8 Å². The normalized spacial score (nSPS) is 18.4. The summed E-state index contributed by atoms with van der Waals surface area (Å²) < 4.78 is 27.0. The van der Waals surface area contributed by atoms with Crippen molar-refractivity contribution in [3.63, 3.8) is 0 Å². The van der Waals surface area contributed by atoms with Crippen LogP contribution in [0.25, 0.3) is 0 Å². The van der Waals surface area contributed by atoms with Crippen LogP contribution in [-0.2, 0) is 26.2 Å². The van der Waals surface area contributed by atoms with Gasteiger partial charge in [-0.2, -0.15) is 4.31 Å². The number of hydrogen-bond donors (Lipinski definition) is 2. The summed E-state index contributed by atoms with van der Waals surface area (Å²) in [6.45, 7) is 2.50. The standard InChI is InChI=1S/C22H27N3O4S/c1-17(21(26)23-15-18-9-4-2-5-10-18)24-22(27)19-11-8-14-25(16-19)30(28,29)20-12-6-3-7-13-20/h2-7,9-10,12-13,17,19H,8,11,14-16H2,1H3,(H,23,26)(H,24,27)/t17-,19?/m0/s1. The molecular weight excluding hydrogens is 402 g/mol. The summed E-state index contributed by atoms with van der Waals surface area (Å²) in [7, 11) is -3.64. The summed E-state index contributed by atoms with van der Waals surface area (Å²) in [6, 6.07) is 17.0. The molecule has 2 amide bonds. The van der Waals surface area contributed by atoms with Crippen molar-refractivity contribution in [2.45, 2.75) is 37.2 Å². The van der Waals surface area contributed by atoms with Gasteiger partial charge in [0.1, 0.15) is 6.04 Å². The number of carbonyl (C=O) groups excluding carboxylic acids is 2. The highest BCUT2D eigenvalue weighted by molar-refractivity contribution is 7.89. The molecule has 2 aromatic carbocycles. The average molecular weight is 430 g/mol. The molecule has 8 heteroatoms. The largest absolute Gasteiger partial charge is 0.350 e. The lowest BCUT2D eigenvalue weighted by atomic mass is 9.98. The monoisotopic (exact) mass is 429 g/mol. The van der Waals surface area contributed by atoms with E-state index in [0.29, 0.717) is 25.9 Å². The van der Waals surface area contributed by atoms with Crippen molar-refractivity contribution in [2.75, 3.05) is 13.1 Å². The molecule has 7 nitrogen and oxygen atoms in total. The summed E-state index contributed by atoms with van der Waals surface area (Å²) in [6.07, 6.45) is 1.18. The maximum absolute atomic E-state index is 12.8. The van der Waals surface area contributed by atoms with Crippen LogP contribution in [0.5, 0.6) is 0 Å². The fourth-order valence-corrected chi connectivity index (χ4v) is 5.00. The molecule has 0 aromatic heterocycles. The molecule has 1 heterocycles. The van der Waals surface area contributed by atoms with Gasteiger partial charge < -0.3 is 10.6 Å². The minimum Gasteiger partial charge on any atom is -0.350 e. The number of rotatable bonds is 7. The van der Waals surface area contributed by atoms with Crippen LogP contribution >= 0.6 is 0 Å². The molecule has 0 bridgehead atoms. The zero-order chi connectivity index (χ0) is 21.6. The van der Waals surface area contributed by atoms with Crippen LogP contribution in [0.15, 0.2) is 65.6 Å². The first-order valence-corrected chi connectivity index (χ1v) is 11.5. The van der Waals surface area contributed by atoms with E-state index in [1.807, 2.05) is 30.3 Å². The Hall–Kier alpha value is -2.71. The highest BCUT2D eigenvalue weighted by Gasteiger charge is 2.34. The Balaban J connectivity index is 1.55. The summed E-state index contributed by atoms with van der Waals surface area (Å²) in [5.74, 6) is -1.07. The summed E-state index contributed by atoms with van der Waals surface area (Å²) in [4.78, 5) is 25.2. The van der Waals surface area contributed by atoms with Crippen molar-refractivity contribution in [1.29, 1.82) is 0 Å². The minimum absolute atomic E-state index is 0.113. The molecule has 2 aromatic rings. The molecule has 1 fully saturated rings. The Morgan fingerprint density at radius 1 is 1.07 bits per heavy atom. The third kappa shape index (κ3) is 5.46. The number of piperidine rings is 1. The molecule has 1 aliphatic rings. The van der Waals surface area contributed by atoms with Crippen LogP contribution in [0.4, 0.5) is 0 Å². The summed E-state index contributed by atoms with van der Waals surface area (Å²) in [5.41, 5.74) is 0.971. The number of carbonyl (C=O) groups is 2. The SMILES string of the molecule is C[C@H](NC(=O)C1CCCN(S(=O)(=O)c2ccccc2)C1)C(=O)NCc1ccccc1. The molecule has 1 saturated heterocycles. The molecule has 0 spiro atoms. The van der Waals surface area contributed by atoms with Crippen LogP contribution in [-0.4, -0.2) is 43.7 Å². The van der Waals surface area contributed by atoms with Crippen LogP contribution in [0.2, 0.25) is 0 Å². The molecule has 0 saturated carbocycles. The maximum Gasteiger partial charge on any atom is 0.243 e. The second-order valence-corrected chi connectivity index (χ2v) is 9.39. The fraction of sp³-hybridized carbons (Fsp3) is 0.364. The van der Waals surface area contributed by atoms with Gasteiger partial charge in [0.2, 0.25) is 21.8 Å². The quantitative estimate of drug-likeness (QED) is 0.703. The lowest BCUT2D eigenvalue weighted by molar-refractivity contribution is -0.131. The van der Waals surface area contributed by atoms with E-state index in [2.05, 4.69) is 10.6 Å². The van der Waals surface area contributed by atoms with Crippen LogP contribution in [0.3, 0.4) is 0 Å². The highest BCUT2D eigenvalue weighted by Crippen LogP contribution is 2.23. The van der Waals surface area contributed by atoms with E-state index in [0.717, 1.165) is 5.56 Å². The Morgan fingerprint density at radius 2 is 1.70 bits per heavy atom. The molecule has 2 N–H and O–H groups in total. The fourth-order valence-electron chi connectivity index (χ4n) is 3.45. The van der Waals surface area contributed by atoms with Crippen molar-refractivity contribution in [3.8, 4) is 0 Å². The minimum atomic E-state index is -3.64. The Bertz CT molecular complexity index is 964. The van der Waals surface area contributed by atoms with E-state index < -0.39 is 22.0 Å². The molecule has 30 heavy (non-hydrogen) atoms. The first kappa shape index (κ1) is 22.0. The van der Waals surface area contributed by atoms with Crippen LogP contribution < -0.4 is 10.6 Å². The van der Waals surface area contributed by atoms with Gasteiger partial charge in [0.15, 0.2) is 0 Å². The molecule has 0 aliphatic carbocycles. The van der Waals surface area contributed by atoms with Gasteiger partial charge in [0, 0.05) is 19.6 Å². The molecule has 160 valence electrons. The number of nitrogens with zero attached hydrogens (tertiary/aromatic N) is 1. The van der Waals surface area contributed by atoms with Crippen molar-refractivity contribution in [2.24, 2.45) is 5.92 Å². The van der Waals surface area contributed by atoms with Gasteiger partial charge in [-0.1, -0.05) is 48.5 Å². The highest BCUT2D eigenvalue weighted by atomic mass is 32.2. The molecular formula is C22H27N3O4S. The number of amides is 2. The smallest absolute Gasteiger partial charge is 0.243 e. The van der Waals surface area contributed by atoms with E-state index in [9.17, 15) is 18.0 Å². The lowest BCUT2D eigenvalue weighted by Gasteiger charge is -2.31. The van der Waals surface area contributed by atoms with E-state index in [4.69, 9.17) is 0 Å².